The zero-order chi connectivity index (χ0) is 11.5. The van der Waals surface area contributed by atoms with Crippen LogP contribution in [0.2, 0.25) is 0 Å². The molecular weight excluding hydrogens is 264 g/mol. The van der Waals surface area contributed by atoms with E-state index < -0.39 is 0 Å². The molecule has 2 aromatic rings. The molecule has 0 saturated carbocycles. The topological polar surface area (TPSA) is 20.2 Å². The minimum atomic E-state index is 0.299. The molecule has 1 atom stereocenters. The van der Waals surface area contributed by atoms with Gasteiger partial charge in [-0.2, -0.15) is 0 Å². The van der Waals surface area contributed by atoms with E-state index in [0.717, 1.165) is 5.56 Å². The van der Waals surface area contributed by atoms with Gasteiger partial charge in [-0.3, -0.25) is 0 Å². The van der Waals surface area contributed by atoms with E-state index >= 15 is 0 Å². The molecule has 0 aliphatic heterocycles. The molecule has 2 rings (SSSR count). The standard InChI is InChI=1S/C14H13BrO/c1-10(15)13-4-2-3-5-14(13)11-6-8-12(16)9-7-11/h2-10,16H,1H3. The summed E-state index contributed by atoms with van der Waals surface area (Å²) in [6, 6.07) is 15.6. The van der Waals surface area contributed by atoms with Crippen LogP contribution in [-0.2, 0) is 0 Å². The fraction of sp³-hybridized carbons (Fsp3) is 0.143. The fourth-order valence-corrected chi connectivity index (χ4v) is 2.15. The molecule has 1 nitrogen and oxygen atoms in total. The largest absolute Gasteiger partial charge is 0.508 e. The molecule has 0 bridgehead atoms. The summed E-state index contributed by atoms with van der Waals surface area (Å²) in [4.78, 5) is 0.317. The van der Waals surface area contributed by atoms with Gasteiger partial charge < -0.3 is 5.11 Å². The van der Waals surface area contributed by atoms with Crippen LogP contribution in [-0.4, -0.2) is 5.11 Å². The second kappa shape index (κ2) is 4.71. The summed E-state index contributed by atoms with van der Waals surface area (Å²) >= 11 is 3.60. The van der Waals surface area contributed by atoms with E-state index in [9.17, 15) is 5.11 Å². The molecule has 1 N–H and O–H groups in total. The normalized spacial score (nSPS) is 12.4. The molecule has 82 valence electrons. The van der Waals surface area contributed by atoms with Gasteiger partial charge in [-0.05, 0) is 35.7 Å². The lowest BCUT2D eigenvalue weighted by Crippen LogP contribution is -1.89. The number of alkyl halides is 1. The highest BCUT2D eigenvalue weighted by atomic mass is 79.9. The van der Waals surface area contributed by atoms with Crippen molar-refractivity contribution in [3.8, 4) is 16.9 Å². The van der Waals surface area contributed by atoms with Gasteiger partial charge in [0.2, 0.25) is 0 Å². The van der Waals surface area contributed by atoms with Crippen molar-refractivity contribution in [1.82, 2.24) is 0 Å². The molecule has 2 heteroatoms. The SMILES string of the molecule is CC(Br)c1ccccc1-c1ccc(O)cc1. The van der Waals surface area contributed by atoms with E-state index in [4.69, 9.17) is 0 Å². The summed E-state index contributed by atoms with van der Waals surface area (Å²) in [6.07, 6.45) is 0. The number of phenols is 1. The Bertz CT molecular complexity index is 474. The summed E-state index contributed by atoms with van der Waals surface area (Å²) in [5, 5.41) is 9.27. The maximum atomic E-state index is 9.27. The Morgan fingerprint density at radius 1 is 1.00 bits per heavy atom. The Morgan fingerprint density at radius 2 is 1.62 bits per heavy atom. The molecule has 0 fully saturated rings. The van der Waals surface area contributed by atoms with Gasteiger partial charge in [-0.25, -0.2) is 0 Å². The molecule has 0 spiro atoms. The quantitative estimate of drug-likeness (QED) is 0.800. The first kappa shape index (κ1) is 11.2. The lowest BCUT2D eigenvalue weighted by Gasteiger charge is -2.11. The second-order valence-electron chi connectivity index (χ2n) is 3.75. The number of benzene rings is 2. The molecule has 0 aromatic heterocycles. The summed E-state index contributed by atoms with van der Waals surface area (Å²) < 4.78 is 0. The number of aromatic hydroxyl groups is 1. The number of rotatable bonds is 2. The Kier molecular flexibility index (Phi) is 3.30. The Balaban J connectivity index is 2.51. The third-order valence-electron chi connectivity index (χ3n) is 2.57. The zero-order valence-corrected chi connectivity index (χ0v) is 10.6. The van der Waals surface area contributed by atoms with Crippen LogP contribution < -0.4 is 0 Å². The van der Waals surface area contributed by atoms with Gasteiger partial charge in [0, 0.05) is 4.83 Å². The van der Waals surface area contributed by atoms with Crippen LogP contribution in [0.4, 0.5) is 0 Å². The van der Waals surface area contributed by atoms with Crippen LogP contribution in [0.1, 0.15) is 17.3 Å². The summed E-state index contributed by atoms with van der Waals surface area (Å²) in [6.45, 7) is 2.11. The Morgan fingerprint density at radius 3 is 2.25 bits per heavy atom. The van der Waals surface area contributed by atoms with E-state index in [1.807, 2.05) is 24.3 Å². The molecule has 2 aromatic carbocycles. The van der Waals surface area contributed by atoms with Gasteiger partial charge in [-0.15, -0.1) is 0 Å². The van der Waals surface area contributed by atoms with Crippen molar-refractivity contribution in [3.63, 3.8) is 0 Å². The van der Waals surface area contributed by atoms with Crippen molar-refractivity contribution < 1.29 is 5.11 Å². The maximum absolute atomic E-state index is 9.27. The van der Waals surface area contributed by atoms with Crippen molar-refractivity contribution >= 4 is 15.9 Å². The van der Waals surface area contributed by atoms with Gasteiger partial charge in [0.1, 0.15) is 5.75 Å². The molecular formula is C14H13BrO. The molecule has 0 saturated heterocycles. The summed E-state index contributed by atoms with van der Waals surface area (Å²) in [5.41, 5.74) is 3.58. The predicted octanol–water partition coefficient (Wildman–Crippen LogP) is 4.52. The zero-order valence-electron chi connectivity index (χ0n) is 9.02. The Hall–Kier alpha value is -1.28. The maximum Gasteiger partial charge on any atom is 0.115 e. The van der Waals surface area contributed by atoms with Crippen LogP contribution in [0, 0.1) is 0 Å². The lowest BCUT2D eigenvalue weighted by atomic mass is 9.98. The Labute approximate surface area is 104 Å². The first-order chi connectivity index (χ1) is 7.68. The monoisotopic (exact) mass is 276 g/mol. The summed E-state index contributed by atoms with van der Waals surface area (Å²) in [7, 11) is 0. The summed E-state index contributed by atoms with van der Waals surface area (Å²) in [5.74, 6) is 0.299. The highest BCUT2D eigenvalue weighted by molar-refractivity contribution is 9.09. The van der Waals surface area contributed by atoms with Crippen molar-refractivity contribution in [2.75, 3.05) is 0 Å². The molecule has 0 amide bonds. The lowest BCUT2D eigenvalue weighted by molar-refractivity contribution is 0.475. The number of hydrogen-bond acceptors (Lipinski definition) is 1. The van der Waals surface area contributed by atoms with Gasteiger partial charge in [0.15, 0.2) is 0 Å². The van der Waals surface area contributed by atoms with E-state index in [1.54, 1.807) is 12.1 Å². The van der Waals surface area contributed by atoms with Crippen molar-refractivity contribution in [3.05, 3.63) is 54.1 Å². The minimum absolute atomic E-state index is 0.299. The molecule has 0 heterocycles. The van der Waals surface area contributed by atoms with Crippen LogP contribution in [0.3, 0.4) is 0 Å². The average Bonchev–Trinajstić information content (AvgIpc) is 2.30. The first-order valence-corrected chi connectivity index (χ1v) is 6.12. The predicted molar refractivity (Wildman–Crippen MR) is 70.9 cm³/mol. The molecule has 0 radical (unpaired) electrons. The van der Waals surface area contributed by atoms with Gasteiger partial charge in [0.05, 0.1) is 0 Å². The van der Waals surface area contributed by atoms with Gasteiger partial charge in [0.25, 0.3) is 0 Å². The van der Waals surface area contributed by atoms with Crippen molar-refractivity contribution in [2.45, 2.75) is 11.8 Å². The molecule has 0 aliphatic rings. The number of halogens is 1. The van der Waals surface area contributed by atoms with E-state index in [0.29, 0.717) is 10.6 Å². The van der Waals surface area contributed by atoms with E-state index in [-0.39, 0.29) is 0 Å². The van der Waals surface area contributed by atoms with Crippen molar-refractivity contribution in [1.29, 1.82) is 0 Å². The molecule has 0 aliphatic carbocycles. The number of phenolic OH excluding ortho intramolecular Hbond substituents is 1. The molecule has 1 unspecified atom stereocenters. The molecule has 16 heavy (non-hydrogen) atoms. The first-order valence-electron chi connectivity index (χ1n) is 5.21. The minimum Gasteiger partial charge on any atom is -0.508 e. The highest BCUT2D eigenvalue weighted by Crippen LogP contribution is 2.32. The third-order valence-corrected chi connectivity index (χ3v) is 3.06. The second-order valence-corrected chi connectivity index (χ2v) is 5.12. The van der Waals surface area contributed by atoms with E-state index in [2.05, 4.69) is 35.0 Å². The van der Waals surface area contributed by atoms with Crippen molar-refractivity contribution in [2.24, 2.45) is 0 Å². The van der Waals surface area contributed by atoms with Gasteiger partial charge >= 0.3 is 0 Å². The third kappa shape index (κ3) is 2.27. The average molecular weight is 277 g/mol. The van der Waals surface area contributed by atoms with E-state index in [1.165, 1.54) is 11.1 Å². The smallest absolute Gasteiger partial charge is 0.115 e. The highest BCUT2D eigenvalue weighted by Gasteiger charge is 2.08. The van der Waals surface area contributed by atoms with Crippen LogP contribution in [0.15, 0.2) is 48.5 Å². The van der Waals surface area contributed by atoms with Crippen LogP contribution in [0.5, 0.6) is 5.75 Å². The fourth-order valence-electron chi connectivity index (χ4n) is 1.75. The van der Waals surface area contributed by atoms with Crippen LogP contribution >= 0.6 is 15.9 Å². The van der Waals surface area contributed by atoms with Gasteiger partial charge in [-0.1, -0.05) is 52.3 Å². The van der Waals surface area contributed by atoms with Crippen LogP contribution in [0.25, 0.3) is 11.1 Å². The number of hydrogen-bond donors (Lipinski definition) is 1.